The van der Waals surface area contributed by atoms with Crippen LogP contribution >= 0.6 is 0 Å². The molecule has 2 atom stereocenters. The molecule has 0 aromatic heterocycles. The lowest BCUT2D eigenvalue weighted by atomic mass is 9.95. The average molecular weight is 348 g/mol. The molecule has 1 fully saturated rings. The first kappa shape index (κ1) is 18.1. The Hall–Kier alpha value is -0.950. The van der Waals surface area contributed by atoms with Crippen LogP contribution in [0.3, 0.4) is 0 Å². The first-order chi connectivity index (χ1) is 8.88. The topological polar surface area (TPSA) is 9.23 Å². The van der Waals surface area contributed by atoms with Crippen LogP contribution in [-0.4, -0.2) is 42.1 Å². The van der Waals surface area contributed by atoms with Gasteiger partial charge in [-0.2, -0.15) is 52.7 Å². The van der Waals surface area contributed by atoms with Gasteiger partial charge in [0.15, 0.2) is 0 Å². The second kappa shape index (κ2) is 4.07. The quantitative estimate of drug-likeness (QED) is 0.684. The van der Waals surface area contributed by atoms with Crippen LogP contribution in [0, 0.1) is 0 Å². The summed E-state index contributed by atoms with van der Waals surface area (Å²) in [6, 6.07) is 0. The summed E-state index contributed by atoms with van der Waals surface area (Å²) in [5, 5.41) is 0. The highest BCUT2D eigenvalue weighted by Gasteiger charge is 2.95. The fourth-order valence-corrected chi connectivity index (χ4v) is 1.30. The van der Waals surface area contributed by atoms with Crippen molar-refractivity contribution in [1.82, 2.24) is 0 Å². The lowest BCUT2D eigenvalue weighted by molar-refractivity contribution is -0.438. The third kappa shape index (κ3) is 1.83. The van der Waals surface area contributed by atoms with E-state index < -0.39 is 42.1 Å². The van der Waals surface area contributed by atoms with Crippen LogP contribution in [0.1, 0.15) is 0 Å². The Balaban J connectivity index is 3.51. The number of rotatable bonds is 2. The molecule has 1 aliphatic rings. The molecule has 1 aliphatic heterocycles. The summed E-state index contributed by atoms with van der Waals surface area (Å²) in [7, 11) is 0. The van der Waals surface area contributed by atoms with E-state index >= 15 is 0 Å². The molecular weight excluding hydrogens is 347 g/mol. The lowest BCUT2D eigenvalue weighted by Gasteiger charge is -2.37. The van der Waals surface area contributed by atoms with Gasteiger partial charge in [0.05, 0.1) is 0 Å². The predicted octanol–water partition coefficient (Wildman–Crippen LogP) is 4.08. The maximum absolute atomic E-state index is 13.2. The zero-order chi connectivity index (χ0) is 17.3. The van der Waals surface area contributed by atoms with E-state index in [1.165, 1.54) is 0 Å². The summed E-state index contributed by atoms with van der Waals surface area (Å²) in [5.74, 6) is -35.4. The first-order valence-electron chi connectivity index (χ1n) is 4.46. The molecule has 0 spiro atoms. The molecule has 0 bridgehead atoms. The zero-order valence-electron chi connectivity index (χ0n) is 8.90. The van der Waals surface area contributed by atoms with E-state index in [-0.39, 0.29) is 0 Å². The van der Waals surface area contributed by atoms with Crippen molar-refractivity contribution >= 4 is 0 Å². The second-order valence-corrected chi connectivity index (χ2v) is 3.87. The average Bonchev–Trinajstić information content (AvgIpc) is 2.36. The minimum Gasteiger partial charge on any atom is -0.295 e. The smallest absolute Gasteiger partial charge is 0.295 e. The molecule has 0 aromatic rings. The molecule has 14 heteroatoms. The van der Waals surface area contributed by atoms with Crippen molar-refractivity contribution in [3.8, 4) is 0 Å². The van der Waals surface area contributed by atoms with Crippen LogP contribution in [-0.2, 0) is 4.74 Å². The van der Waals surface area contributed by atoms with E-state index in [2.05, 4.69) is 4.74 Å². The van der Waals surface area contributed by atoms with Gasteiger partial charge in [0.1, 0.15) is 0 Å². The summed E-state index contributed by atoms with van der Waals surface area (Å²) >= 11 is 0. The molecule has 1 heterocycles. The van der Waals surface area contributed by atoms with E-state index in [4.69, 9.17) is 0 Å². The lowest BCUT2D eigenvalue weighted by Crippen LogP contribution is -2.69. The molecule has 0 saturated carbocycles. The molecule has 2 unspecified atom stereocenters. The number of ether oxygens (including phenoxy) is 1. The molecule has 0 aromatic carbocycles. The normalized spacial score (nSPS) is 33.3. The van der Waals surface area contributed by atoms with Crippen molar-refractivity contribution in [2.45, 2.75) is 42.1 Å². The Morgan fingerprint density at radius 1 is 0.762 bits per heavy atom. The standard InChI is InChI=1S/C7HF13O/c8-1-2(9,10)3(11,12)6(17,21-1)4(13,14)5(15,16)7(18,19)20/h1H. The van der Waals surface area contributed by atoms with Gasteiger partial charge in [0.25, 0.3) is 6.36 Å². The molecule has 0 N–H and O–H groups in total. The molecule has 1 nitrogen and oxygen atoms in total. The summed E-state index contributed by atoms with van der Waals surface area (Å²) < 4.78 is 164. The third-order valence-corrected chi connectivity index (χ3v) is 2.53. The van der Waals surface area contributed by atoms with Crippen molar-refractivity contribution in [1.29, 1.82) is 0 Å². The number of alkyl halides is 13. The SMILES string of the molecule is FC1OC(F)(C(F)(F)C(F)(F)C(F)(F)F)C(F)(F)C1(F)F. The van der Waals surface area contributed by atoms with Crippen molar-refractivity contribution in [2.75, 3.05) is 0 Å². The third-order valence-electron chi connectivity index (χ3n) is 2.53. The largest absolute Gasteiger partial charge is 0.460 e. The highest BCUT2D eigenvalue weighted by molar-refractivity contribution is 5.15. The Morgan fingerprint density at radius 2 is 1.14 bits per heavy atom. The van der Waals surface area contributed by atoms with Crippen molar-refractivity contribution in [3.05, 3.63) is 0 Å². The van der Waals surface area contributed by atoms with Crippen molar-refractivity contribution in [3.63, 3.8) is 0 Å². The van der Waals surface area contributed by atoms with Gasteiger partial charge in [-0.1, -0.05) is 0 Å². The van der Waals surface area contributed by atoms with E-state index in [0.29, 0.717) is 0 Å². The Kier molecular flexibility index (Phi) is 3.51. The van der Waals surface area contributed by atoms with Crippen LogP contribution in [0.25, 0.3) is 0 Å². The van der Waals surface area contributed by atoms with E-state index in [9.17, 15) is 57.1 Å². The van der Waals surface area contributed by atoms with Gasteiger partial charge in [-0.05, 0) is 0 Å². The molecule has 21 heavy (non-hydrogen) atoms. The van der Waals surface area contributed by atoms with E-state index in [0.717, 1.165) is 0 Å². The van der Waals surface area contributed by atoms with Gasteiger partial charge in [-0.25, -0.2) is 4.39 Å². The van der Waals surface area contributed by atoms with Gasteiger partial charge in [-0.15, -0.1) is 0 Å². The van der Waals surface area contributed by atoms with Crippen LogP contribution in [0.4, 0.5) is 57.1 Å². The summed E-state index contributed by atoms with van der Waals surface area (Å²) in [4.78, 5) is 0. The maximum atomic E-state index is 13.2. The van der Waals surface area contributed by atoms with Crippen LogP contribution in [0.2, 0.25) is 0 Å². The van der Waals surface area contributed by atoms with Gasteiger partial charge in [0.2, 0.25) is 0 Å². The molecule has 0 radical (unpaired) electrons. The zero-order valence-corrected chi connectivity index (χ0v) is 8.90. The molecular formula is C7HF13O. The second-order valence-electron chi connectivity index (χ2n) is 3.87. The maximum Gasteiger partial charge on any atom is 0.460 e. The Bertz CT molecular complexity index is 425. The van der Waals surface area contributed by atoms with E-state index in [1.807, 2.05) is 0 Å². The first-order valence-corrected chi connectivity index (χ1v) is 4.46. The van der Waals surface area contributed by atoms with Crippen LogP contribution in [0.15, 0.2) is 0 Å². The summed E-state index contributed by atoms with van der Waals surface area (Å²) in [6.45, 7) is 0. The summed E-state index contributed by atoms with van der Waals surface area (Å²) in [6.07, 6.45) is -12.2. The fourth-order valence-electron chi connectivity index (χ4n) is 1.30. The van der Waals surface area contributed by atoms with Crippen molar-refractivity contribution in [2.24, 2.45) is 0 Å². The highest BCUT2D eigenvalue weighted by Crippen LogP contribution is 2.64. The van der Waals surface area contributed by atoms with Gasteiger partial charge in [0, 0.05) is 0 Å². The summed E-state index contributed by atoms with van der Waals surface area (Å²) in [5.41, 5.74) is 0. The fraction of sp³-hybridized carbons (Fsp3) is 1.00. The molecule has 1 saturated heterocycles. The predicted molar refractivity (Wildman–Crippen MR) is 35.7 cm³/mol. The van der Waals surface area contributed by atoms with Gasteiger partial charge >= 0.3 is 35.7 Å². The minimum atomic E-state index is -7.55. The monoisotopic (exact) mass is 348 g/mol. The Morgan fingerprint density at radius 3 is 1.38 bits per heavy atom. The van der Waals surface area contributed by atoms with Crippen molar-refractivity contribution < 1.29 is 61.8 Å². The number of hydrogen-bond donors (Lipinski definition) is 0. The molecule has 126 valence electrons. The Labute approximate surface area is 105 Å². The molecule has 1 rings (SSSR count). The van der Waals surface area contributed by atoms with E-state index in [1.54, 1.807) is 0 Å². The molecule has 0 amide bonds. The number of hydrogen-bond acceptors (Lipinski definition) is 1. The molecule has 0 aliphatic carbocycles. The van der Waals surface area contributed by atoms with Crippen LogP contribution in [0.5, 0.6) is 0 Å². The van der Waals surface area contributed by atoms with Gasteiger partial charge in [-0.3, -0.25) is 4.74 Å². The minimum absolute atomic E-state index is 2.16. The van der Waals surface area contributed by atoms with Gasteiger partial charge < -0.3 is 0 Å². The number of halogens is 13. The van der Waals surface area contributed by atoms with Crippen LogP contribution < -0.4 is 0 Å². The highest BCUT2D eigenvalue weighted by atomic mass is 19.4.